The Labute approximate surface area is 99.9 Å². The molecule has 100 valence electrons. The highest BCUT2D eigenvalue weighted by Crippen LogP contribution is 2.30. The summed E-state index contributed by atoms with van der Waals surface area (Å²) < 4.78 is 36.3. The second-order valence-electron chi connectivity index (χ2n) is 4.79. The highest BCUT2D eigenvalue weighted by molar-refractivity contribution is 5.80. The highest BCUT2D eigenvalue weighted by atomic mass is 19.4. The number of guanidine groups is 1. The van der Waals surface area contributed by atoms with E-state index in [1.807, 2.05) is 18.7 Å². The summed E-state index contributed by atoms with van der Waals surface area (Å²) in [5, 5.41) is 0. The number of nitrogens with two attached hydrogens (primary N) is 1. The number of hydrogen-bond donors (Lipinski definition) is 1. The Morgan fingerprint density at radius 3 is 2.65 bits per heavy atom. The van der Waals surface area contributed by atoms with Crippen LogP contribution in [0.15, 0.2) is 4.99 Å². The van der Waals surface area contributed by atoms with E-state index < -0.39 is 12.6 Å². The standard InChI is InChI=1S/C11H20F3N3/c1-3-7-17-9(15)16-8-10(17,2)5-4-6-11(12,13)14/h3-8H2,1-2H3,(H2,15,16). The molecule has 1 aliphatic rings. The molecule has 1 unspecified atom stereocenters. The Morgan fingerprint density at radius 2 is 2.12 bits per heavy atom. The Hall–Kier alpha value is -0.940. The fourth-order valence-corrected chi connectivity index (χ4v) is 2.19. The zero-order chi connectivity index (χ0) is 13.1. The molecule has 2 N–H and O–H groups in total. The summed E-state index contributed by atoms with van der Waals surface area (Å²) in [5.41, 5.74) is 5.41. The minimum atomic E-state index is -4.07. The summed E-state index contributed by atoms with van der Waals surface area (Å²) in [5.74, 6) is 0.460. The minimum Gasteiger partial charge on any atom is -0.370 e. The Balaban J connectivity index is 2.51. The van der Waals surface area contributed by atoms with E-state index >= 15 is 0 Å². The quantitative estimate of drug-likeness (QED) is 0.815. The molecular weight excluding hydrogens is 231 g/mol. The molecule has 0 saturated heterocycles. The molecule has 0 bridgehead atoms. The fourth-order valence-electron chi connectivity index (χ4n) is 2.19. The molecule has 0 aromatic heterocycles. The van der Waals surface area contributed by atoms with Gasteiger partial charge in [-0.05, 0) is 26.2 Å². The molecule has 0 aromatic rings. The number of aliphatic imine (C=N–C) groups is 1. The average molecular weight is 251 g/mol. The molecule has 1 aliphatic heterocycles. The van der Waals surface area contributed by atoms with E-state index in [1.165, 1.54) is 0 Å². The lowest BCUT2D eigenvalue weighted by Crippen LogP contribution is -2.49. The van der Waals surface area contributed by atoms with Gasteiger partial charge in [-0.1, -0.05) is 6.92 Å². The van der Waals surface area contributed by atoms with Crippen LogP contribution in [0.2, 0.25) is 0 Å². The maximum atomic E-state index is 12.1. The molecule has 17 heavy (non-hydrogen) atoms. The van der Waals surface area contributed by atoms with Crippen LogP contribution in [0, 0.1) is 0 Å². The minimum absolute atomic E-state index is 0.128. The van der Waals surface area contributed by atoms with Crippen LogP contribution in [0.5, 0.6) is 0 Å². The van der Waals surface area contributed by atoms with Gasteiger partial charge in [0.05, 0.1) is 12.1 Å². The summed E-state index contributed by atoms with van der Waals surface area (Å²) in [6.07, 6.45) is -3.30. The van der Waals surface area contributed by atoms with Crippen molar-refractivity contribution in [2.45, 2.75) is 51.2 Å². The molecule has 3 nitrogen and oxygen atoms in total. The van der Waals surface area contributed by atoms with Crippen LogP contribution in [0.1, 0.15) is 39.5 Å². The van der Waals surface area contributed by atoms with Gasteiger partial charge in [-0.2, -0.15) is 13.2 Å². The molecule has 1 atom stereocenters. The first kappa shape index (κ1) is 14.1. The van der Waals surface area contributed by atoms with Crippen LogP contribution in [0.3, 0.4) is 0 Å². The lowest BCUT2D eigenvalue weighted by atomic mass is 9.93. The van der Waals surface area contributed by atoms with Crippen LogP contribution in [0.4, 0.5) is 13.2 Å². The zero-order valence-electron chi connectivity index (χ0n) is 10.3. The molecule has 0 radical (unpaired) electrons. The second-order valence-corrected chi connectivity index (χ2v) is 4.79. The van der Waals surface area contributed by atoms with Crippen molar-refractivity contribution in [1.82, 2.24) is 4.90 Å². The molecule has 0 fully saturated rings. The third kappa shape index (κ3) is 3.78. The number of alkyl halides is 3. The van der Waals surface area contributed by atoms with E-state index in [-0.39, 0.29) is 12.0 Å². The summed E-state index contributed by atoms with van der Waals surface area (Å²) >= 11 is 0. The highest BCUT2D eigenvalue weighted by Gasteiger charge is 2.38. The van der Waals surface area contributed by atoms with Crippen LogP contribution in [0.25, 0.3) is 0 Å². The molecular formula is C11H20F3N3. The molecule has 0 aliphatic carbocycles. The predicted octanol–water partition coefficient (Wildman–Crippen LogP) is 2.52. The lowest BCUT2D eigenvalue weighted by Gasteiger charge is -2.36. The largest absolute Gasteiger partial charge is 0.389 e. The van der Waals surface area contributed by atoms with Crippen LogP contribution < -0.4 is 5.73 Å². The topological polar surface area (TPSA) is 41.6 Å². The second kappa shape index (κ2) is 5.14. The summed E-state index contributed by atoms with van der Waals surface area (Å²) in [6.45, 7) is 5.19. The third-order valence-corrected chi connectivity index (χ3v) is 3.13. The van der Waals surface area contributed by atoms with Crippen LogP contribution in [-0.2, 0) is 0 Å². The summed E-state index contributed by atoms with van der Waals surface area (Å²) in [6, 6.07) is 0. The SMILES string of the molecule is CCCN1C(N)=NCC1(C)CCCC(F)(F)F. The van der Waals surface area contributed by atoms with Crippen molar-refractivity contribution < 1.29 is 13.2 Å². The van der Waals surface area contributed by atoms with Crippen molar-refractivity contribution in [2.75, 3.05) is 13.1 Å². The van der Waals surface area contributed by atoms with E-state index in [2.05, 4.69) is 4.99 Å². The maximum Gasteiger partial charge on any atom is 0.389 e. The van der Waals surface area contributed by atoms with Gasteiger partial charge >= 0.3 is 6.18 Å². The smallest absolute Gasteiger partial charge is 0.370 e. The van der Waals surface area contributed by atoms with Crippen molar-refractivity contribution in [3.63, 3.8) is 0 Å². The van der Waals surface area contributed by atoms with Gasteiger partial charge in [0.15, 0.2) is 5.96 Å². The monoisotopic (exact) mass is 251 g/mol. The molecule has 0 amide bonds. The van der Waals surface area contributed by atoms with Crippen molar-refractivity contribution in [3.8, 4) is 0 Å². The maximum absolute atomic E-state index is 12.1. The third-order valence-electron chi connectivity index (χ3n) is 3.13. The van der Waals surface area contributed by atoms with Gasteiger partial charge in [0.2, 0.25) is 0 Å². The van der Waals surface area contributed by atoms with E-state index in [0.29, 0.717) is 18.9 Å². The van der Waals surface area contributed by atoms with Crippen LogP contribution in [-0.4, -0.2) is 35.7 Å². The lowest BCUT2D eigenvalue weighted by molar-refractivity contribution is -0.136. The average Bonchev–Trinajstić information content (AvgIpc) is 2.45. The molecule has 0 saturated carbocycles. The van der Waals surface area contributed by atoms with Gasteiger partial charge < -0.3 is 10.6 Å². The van der Waals surface area contributed by atoms with Crippen molar-refractivity contribution in [2.24, 2.45) is 10.7 Å². The van der Waals surface area contributed by atoms with E-state index in [1.54, 1.807) is 0 Å². The zero-order valence-corrected chi connectivity index (χ0v) is 10.3. The van der Waals surface area contributed by atoms with Gasteiger partial charge in [0.25, 0.3) is 0 Å². The summed E-state index contributed by atoms with van der Waals surface area (Å²) in [7, 11) is 0. The first-order valence-electron chi connectivity index (χ1n) is 5.93. The number of nitrogens with zero attached hydrogens (tertiary/aromatic N) is 2. The number of rotatable bonds is 5. The van der Waals surface area contributed by atoms with Crippen molar-refractivity contribution in [1.29, 1.82) is 0 Å². The predicted molar refractivity (Wildman–Crippen MR) is 61.8 cm³/mol. The van der Waals surface area contributed by atoms with Gasteiger partial charge in [0.1, 0.15) is 0 Å². The van der Waals surface area contributed by atoms with Gasteiger partial charge in [0, 0.05) is 13.0 Å². The van der Waals surface area contributed by atoms with Gasteiger partial charge in [-0.15, -0.1) is 0 Å². The summed E-state index contributed by atoms with van der Waals surface area (Å²) in [4.78, 5) is 6.08. The van der Waals surface area contributed by atoms with E-state index in [0.717, 1.165) is 13.0 Å². The number of hydrogen-bond acceptors (Lipinski definition) is 3. The fraction of sp³-hybridized carbons (Fsp3) is 0.909. The van der Waals surface area contributed by atoms with Gasteiger partial charge in [-0.25, -0.2) is 0 Å². The molecule has 1 rings (SSSR count). The normalized spacial score (nSPS) is 25.2. The van der Waals surface area contributed by atoms with E-state index in [4.69, 9.17) is 5.73 Å². The molecule has 0 spiro atoms. The van der Waals surface area contributed by atoms with Crippen LogP contribution >= 0.6 is 0 Å². The molecule has 6 heteroatoms. The van der Waals surface area contributed by atoms with Crippen molar-refractivity contribution >= 4 is 5.96 Å². The first-order valence-corrected chi connectivity index (χ1v) is 5.93. The van der Waals surface area contributed by atoms with E-state index in [9.17, 15) is 13.2 Å². The Bertz CT molecular complexity index is 288. The van der Waals surface area contributed by atoms with Gasteiger partial charge in [-0.3, -0.25) is 4.99 Å². The Kier molecular flexibility index (Phi) is 4.27. The molecule has 0 aromatic carbocycles. The Morgan fingerprint density at radius 1 is 1.47 bits per heavy atom. The van der Waals surface area contributed by atoms with Crippen molar-refractivity contribution in [3.05, 3.63) is 0 Å². The molecule has 1 heterocycles. The number of halogens is 3. The first-order chi connectivity index (χ1) is 7.78.